The van der Waals surface area contributed by atoms with E-state index in [2.05, 4.69) is 4.98 Å². The Bertz CT molecular complexity index is 2280. The quantitative estimate of drug-likeness (QED) is 0.0617. The van der Waals surface area contributed by atoms with Crippen LogP contribution in [-0.4, -0.2) is 49.1 Å². The summed E-state index contributed by atoms with van der Waals surface area (Å²) in [6.07, 6.45) is 0. The van der Waals surface area contributed by atoms with Crippen LogP contribution in [0.5, 0.6) is 23.0 Å². The predicted octanol–water partition coefficient (Wildman–Crippen LogP) is 12.1. The number of ether oxygens (including phenoxy) is 4. The topological polar surface area (TPSA) is 162 Å². The van der Waals surface area contributed by atoms with Gasteiger partial charge in [-0.25, -0.2) is 4.79 Å². The monoisotopic (exact) mass is 898 g/mol. The van der Waals surface area contributed by atoms with E-state index in [-0.39, 0.29) is 53.9 Å². The number of aromatic nitrogens is 2. The van der Waals surface area contributed by atoms with Gasteiger partial charge in [-0.1, -0.05) is 91.9 Å². The van der Waals surface area contributed by atoms with E-state index in [9.17, 15) is 9.59 Å². The van der Waals surface area contributed by atoms with Crippen molar-refractivity contribution in [3.8, 4) is 34.1 Å². The minimum atomic E-state index is -1.11. The van der Waals surface area contributed by atoms with Crippen LogP contribution in [0.25, 0.3) is 16.6 Å². The summed E-state index contributed by atoms with van der Waals surface area (Å²) in [5.74, 6) is 0.577. The number of aromatic carboxylic acids is 1. The molecule has 0 fully saturated rings. The predicted molar refractivity (Wildman–Crippen MR) is 227 cm³/mol. The Morgan fingerprint density at radius 1 is 0.759 bits per heavy atom. The van der Waals surface area contributed by atoms with Crippen LogP contribution in [0, 0.1) is 15.4 Å². The number of nitrogens with two attached hydrogens (primary N) is 1. The molecule has 5 aromatic rings. The van der Waals surface area contributed by atoms with Crippen molar-refractivity contribution in [2.24, 2.45) is 0 Å². The number of methoxy groups -OCH3 is 4. The number of benzene rings is 4. The van der Waals surface area contributed by atoms with E-state index in [1.165, 1.54) is 57.3 Å². The van der Waals surface area contributed by atoms with Crippen LogP contribution in [0.3, 0.4) is 0 Å². The summed E-state index contributed by atoms with van der Waals surface area (Å²) in [4.78, 5) is 27.2. The molecule has 4 aromatic carbocycles. The number of carboxylic acids is 1. The number of hydrogen-bond acceptors (Lipinski definition) is 10. The molecule has 1 aromatic heterocycles. The summed E-state index contributed by atoms with van der Waals surface area (Å²) < 4.78 is 21.6. The van der Waals surface area contributed by atoms with E-state index in [1.54, 1.807) is 24.3 Å². The molecule has 0 aliphatic rings. The number of thiocyanates is 1. The molecule has 0 saturated heterocycles. The normalized spacial score (nSPS) is 9.65. The highest BCUT2D eigenvalue weighted by molar-refractivity contribution is 8.03. The maximum atomic E-state index is 13.0. The second-order valence-corrected chi connectivity index (χ2v) is 13.2. The molecule has 0 atom stereocenters. The summed E-state index contributed by atoms with van der Waals surface area (Å²) in [6.45, 7) is 0. The van der Waals surface area contributed by atoms with Crippen LogP contribution < -0.4 is 30.2 Å². The average molecular weight is 902 g/mol. The fraction of sp³-hybridized carbons (Fsp3) is 0.200. The molecular formula is C35H36Cl6N4O7S2. The fourth-order valence-corrected chi connectivity index (χ4v) is 6.46. The van der Waals surface area contributed by atoms with Crippen LogP contribution >= 0.6 is 93.6 Å². The number of nitriles is 1. The van der Waals surface area contributed by atoms with Crippen LogP contribution in [0.4, 0.5) is 5.69 Å². The molecule has 5 rings (SSSR count). The third kappa shape index (κ3) is 11.9. The first-order chi connectivity index (χ1) is 24.1. The van der Waals surface area contributed by atoms with Gasteiger partial charge in [0.25, 0.3) is 5.56 Å². The fourth-order valence-electron chi connectivity index (χ4n) is 4.14. The molecule has 0 saturated carbocycles. The van der Waals surface area contributed by atoms with E-state index in [0.29, 0.717) is 64.6 Å². The number of nitrogens with one attached hydrogen (secondary N) is 1. The summed E-state index contributed by atoms with van der Waals surface area (Å²) >= 11 is 42.1. The molecule has 0 unspecified atom stereocenters. The number of anilines is 1. The second-order valence-electron chi connectivity index (χ2n) is 9.53. The van der Waals surface area contributed by atoms with E-state index in [4.69, 9.17) is 117 Å². The molecule has 4 N–H and O–H groups in total. The molecule has 292 valence electrons. The zero-order valence-corrected chi connectivity index (χ0v) is 32.7. The van der Waals surface area contributed by atoms with Crippen molar-refractivity contribution in [1.29, 1.82) is 5.26 Å². The summed E-state index contributed by atoms with van der Waals surface area (Å²) in [5, 5.41) is 21.4. The molecule has 0 aliphatic carbocycles. The van der Waals surface area contributed by atoms with Gasteiger partial charge in [0.2, 0.25) is 0 Å². The van der Waals surface area contributed by atoms with E-state index in [1.807, 2.05) is 5.40 Å². The lowest BCUT2D eigenvalue weighted by Gasteiger charge is -2.13. The van der Waals surface area contributed by atoms with Gasteiger partial charge >= 0.3 is 5.97 Å². The number of H-pyrrole nitrogens is 1. The van der Waals surface area contributed by atoms with Gasteiger partial charge in [0, 0.05) is 28.8 Å². The second kappa shape index (κ2) is 22.6. The highest BCUT2D eigenvalue weighted by atomic mass is 35.5. The smallest absolute Gasteiger partial charge is 0.337 e. The Balaban J connectivity index is 0.000000830. The lowest BCUT2D eigenvalue weighted by Crippen LogP contribution is -2.21. The zero-order chi connectivity index (χ0) is 38.2. The van der Waals surface area contributed by atoms with Crippen LogP contribution in [0.1, 0.15) is 32.6 Å². The van der Waals surface area contributed by atoms with E-state index in [0.717, 1.165) is 11.8 Å². The average Bonchev–Trinajstić information content (AvgIpc) is 3.08. The third-order valence-corrected chi connectivity index (χ3v) is 9.39. The Kier molecular flexibility index (Phi) is 21.1. The lowest BCUT2D eigenvalue weighted by molar-refractivity contribution is 0.0698. The minimum Gasteiger partial charge on any atom is -0.495 e. The number of rotatable bonds is 7. The number of nitrogens with zero attached hydrogens (tertiary/aromatic N) is 2. The van der Waals surface area contributed by atoms with Crippen LogP contribution in [0.2, 0.25) is 30.1 Å². The van der Waals surface area contributed by atoms with Gasteiger partial charge in [-0.15, -0.1) is 0 Å². The SMILES string of the molecule is C.C.C.COc1cc(-n2c(=S)[nH]c3cc(OC)c(Cl)cc3c2=O)c(Cl)cc1Cl.COc1cc(N)c(C(=O)O)cc1Cl.COc1cc(SC#N)c(Cl)cc1Cl. The van der Waals surface area contributed by atoms with Crippen molar-refractivity contribution in [1.82, 2.24) is 9.55 Å². The number of thioether (sulfide) groups is 1. The van der Waals surface area contributed by atoms with Gasteiger partial charge in [-0.2, -0.15) is 5.26 Å². The number of halogens is 6. The van der Waals surface area contributed by atoms with Crippen molar-refractivity contribution in [3.05, 3.63) is 99.4 Å². The van der Waals surface area contributed by atoms with Gasteiger partial charge in [0.1, 0.15) is 28.4 Å². The summed E-state index contributed by atoms with van der Waals surface area (Å²) in [5.41, 5.74) is 6.03. The van der Waals surface area contributed by atoms with Crippen LogP contribution in [-0.2, 0) is 0 Å². The first-order valence-corrected chi connectivity index (χ1v) is 17.1. The highest BCUT2D eigenvalue weighted by Crippen LogP contribution is 2.36. The molecule has 19 heteroatoms. The van der Waals surface area contributed by atoms with Gasteiger partial charge in [-0.3, -0.25) is 9.36 Å². The summed E-state index contributed by atoms with van der Waals surface area (Å²) in [7, 11) is 5.90. The van der Waals surface area contributed by atoms with Crippen molar-refractivity contribution in [3.63, 3.8) is 0 Å². The van der Waals surface area contributed by atoms with E-state index >= 15 is 0 Å². The summed E-state index contributed by atoms with van der Waals surface area (Å²) in [6, 6.07) is 12.0. The molecular weight excluding hydrogens is 865 g/mol. The molecule has 1 heterocycles. The Morgan fingerprint density at radius 3 is 1.74 bits per heavy atom. The van der Waals surface area contributed by atoms with Gasteiger partial charge in [0.15, 0.2) is 4.77 Å². The van der Waals surface area contributed by atoms with Gasteiger partial charge in [-0.05, 0) is 54.3 Å². The molecule has 0 spiro atoms. The number of fused-ring (bicyclic) bond motifs is 1. The zero-order valence-electron chi connectivity index (χ0n) is 26.6. The number of carbonyl (C=O) groups is 1. The molecule has 11 nitrogen and oxygen atoms in total. The van der Waals surface area contributed by atoms with Crippen molar-refractivity contribution >= 4 is 116 Å². The molecule has 0 bridgehead atoms. The number of carboxylic acid groups (broad SMARTS) is 1. The first kappa shape index (κ1) is 50.3. The Hall–Kier alpha value is -3.71. The molecule has 0 amide bonds. The van der Waals surface area contributed by atoms with Crippen molar-refractivity contribution in [2.75, 3.05) is 34.2 Å². The van der Waals surface area contributed by atoms with E-state index < -0.39 is 5.97 Å². The first-order valence-electron chi connectivity index (χ1n) is 13.6. The lowest BCUT2D eigenvalue weighted by atomic mass is 10.2. The standard InChI is InChI=1S/C16H11Cl3N2O3S.C8H5Cl2NOS.C8H8ClNO3.3CH4/c1-23-13-5-11-7(3-9(13)18)15(22)21(16(25)20-11)12-6-14(24-2)10(19)4-8(12)17;1-12-7-3-8(13-4-11)6(10)2-5(7)9;1-13-7-3-6(10)4(8(11)12)2-5(7)9;;;/h3-6H,1-2H3,(H,20,25);2-3H,1H3;2-3H,10H2,1H3,(H,11,12);3*1H4. The highest BCUT2D eigenvalue weighted by Gasteiger charge is 2.16. The maximum absolute atomic E-state index is 13.0. The van der Waals surface area contributed by atoms with Crippen LogP contribution in [0.15, 0.2) is 58.2 Å². The minimum absolute atomic E-state index is 0. The Labute approximate surface area is 352 Å². The number of aromatic amines is 1. The van der Waals surface area contributed by atoms with Crippen molar-refractivity contribution in [2.45, 2.75) is 27.2 Å². The Morgan fingerprint density at radius 2 is 1.22 bits per heavy atom. The third-order valence-electron chi connectivity index (χ3n) is 6.55. The number of hydrogen-bond donors (Lipinski definition) is 3. The van der Waals surface area contributed by atoms with Gasteiger partial charge < -0.3 is 34.8 Å². The molecule has 0 aliphatic heterocycles. The van der Waals surface area contributed by atoms with Crippen molar-refractivity contribution < 1.29 is 28.8 Å². The maximum Gasteiger partial charge on any atom is 0.337 e. The van der Waals surface area contributed by atoms with Gasteiger partial charge in [0.05, 0.1) is 80.7 Å². The largest absolute Gasteiger partial charge is 0.495 e. The number of nitrogen functional groups attached to an aromatic ring is 1. The molecule has 54 heavy (non-hydrogen) atoms. The molecule has 0 radical (unpaired) electrons.